The third kappa shape index (κ3) is 2.36. The molecule has 0 unspecified atom stereocenters. The lowest BCUT2D eigenvalue weighted by molar-refractivity contribution is 0.0666. The summed E-state index contributed by atoms with van der Waals surface area (Å²) in [5, 5.41) is 10.8. The predicted molar refractivity (Wildman–Crippen MR) is 67.3 cm³/mol. The Bertz CT molecular complexity index is 494. The summed E-state index contributed by atoms with van der Waals surface area (Å²) >= 11 is 0. The first kappa shape index (κ1) is 11.0. The topological polar surface area (TPSA) is 51.2 Å². The van der Waals surface area contributed by atoms with Crippen molar-refractivity contribution in [2.45, 2.75) is 32.4 Å². The summed E-state index contributed by atoms with van der Waals surface area (Å²) in [5.41, 5.74) is 7.06. The molecule has 0 fully saturated rings. The van der Waals surface area contributed by atoms with Gasteiger partial charge >= 0.3 is 0 Å². The average Bonchev–Trinajstić information content (AvgIpc) is 2.56. The predicted octanol–water partition coefficient (Wildman–Crippen LogP) is 2.38. The number of hydrogen-bond acceptors (Lipinski definition) is 2. The number of aromatic nitrogens is 1. The van der Waals surface area contributed by atoms with Crippen LogP contribution in [0.3, 0.4) is 0 Å². The standard InChI is InChI=1S/C13H18N2O/c1-13(2,16)6-8-15-7-5-10-9-11(14)3-4-12(10)15/h3-5,7,9,16H,6,8,14H2,1-2H3. The molecule has 86 valence electrons. The first-order chi connectivity index (χ1) is 7.46. The highest BCUT2D eigenvalue weighted by Crippen LogP contribution is 2.20. The average molecular weight is 218 g/mol. The van der Waals surface area contributed by atoms with Gasteiger partial charge in [-0.05, 0) is 44.5 Å². The number of anilines is 1. The largest absolute Gasteiger partial charge is 0.399 e. The molecule has 2 rings (SSSR count). The van der Waals surface area contributed by atoms with Gasteiger partial charge in [0.25, 0.3) is 0 Å². The molecule has 0 aliphatic heterocycles. The van der Waals surface area contributed by atoms with E-state index < -0.39 is 5.60 Å². The molecule has 3 N–H and O–H groups in total. The van der Waals surface area contributed by atoms with E-state index in [1.165, 1.54) is 5.52 Å². The Kier molecular flexibility index (Phi) is 2.64. The Hall–Kier alpha value is -1.48. The molecular formula is C13H18N2O. The Morgan fingerprint density at radius 1 is 1.31 bits per heavy atom. The van der Waals surface area contributed by atoms with Crippen LogP contribution in [0, 0.1) is 0 Å². The van der Waals surface area contributed by atoms with E-state index >= 15 is 0 Å². The highest BCUT2D eigenvalue weighted by Gasteiger charge is 2.12. The molecule has 1 heterocycles. The molecule has 0 saturated heterocycles. The molecule has 0 bridgehead atoms. The Morgan fingerprint density at radius 3 is 2.75 bits per heavy atom. The lowest BCUT2D eigenvalue weighted by Gasteiger charge is -2.17. The Morgan fingerprint density at radius 2 is 2.06 bits per heavy atom. The van der Waals surface area contributed by atoms with Crippen LogP contribution in [0.2, 0.25) is 0 Å². The summed E-state index contributed by atoms with van der Waals surface area (Å²) < 4.78 is 2.15. The Labute approximate surface area is 95.5 Å². The van der Waals surface area contributed by atoms with Crippen LogP contribution in [0.15, 0.2) is 30.5 Å². The third-order valence-corrected chi connectivity index (χ3v) is 2.76. The van der Waals surface area contributed by atoms with E-state index in [0.717, 1.165) is 24.0 Å². The fourth-order valence-corrected chi connectivity index (χ4v) is 1.81. The molecule has 0 aliphatic carbocycles. The fourth-order valence-electron chi connectivity index (χ4n) is 1.81. The van der Waals surface area contributed by atoms with Gasteiger partial charge in [0.15, 0.2) is 0 Å². The number of rotatable bonds is 3. The second-order valence-electron chi connectivity index (χ2n) is 4.89. The summed E-state index contributed by atoms with van der Waals surface area (Å²) in [5.74, 6) is 0. The van der Waals surface area contributed by atoms with Crippen molar-refractivity contribution in [3.8, 4) is 0 Å². The van der Waals surface area contributed by atoms with E-state index in [0.29, 0.717) is 0 Å². The van der Waals surface area contributed by atoms with Crippen molar-refractivity contribution in [1.82, 2.24) is 4.57 Å². The van der Waals surface area contributed by atoms with E-state index in [4.69, 9.17) is 5.73 Å². The number of aryl methyl sites for hydroxylation is 1. The SMILES string of the molecule is CC(C)(O)CCn1ccc2cc(N)ccc21. The smallest absolute Gasteiger partial charge is 0.0608 e. The van der Waals surface area contributed by atoms with Gasteiger partial charge in [-0.15, -0.1) is 0 Å². The number of benzene rings is 1. The molecule has 3 heteroatoms. The summed E-state index contributed by atoms with van der Waals surface area (Å²) in [6.45, 7) is 4.48. The second kappa shape index (κ2) is 3.83. The third-order valence-electron chi connectivity index (χ3n) is 2.76. The van der Waals surface area contributed by atoms with Crippen LogP contribution in [0.5, 0.6) is 0 Å². The summed E-state index contributed by atoms with van der Waals surface area (Å²) in [6.07, 6.45) is 2.77. The van der Waals surface area contributed by atoms with Crippen molar-refractivity contribution < 1.29 is 5.11 Å². The maximum atomic E-state index is 9.70. The first-order valence-electron chi connectivity index (χ1n) is 5.52. The minimum Gasteiger partial charge on any atom is -0.399 e. The van der Waals surface area contributed by atoms with Crippen LogP contribution in [0.1, 0.15) is 20.3 Å². The monoisotopic (exact) mass is 218 g/mol. The molecule has 2 aromatic rings. The highest BCUT2D eigenvalue weighted by molar-refractivity contribution is 5.83. The minimum absolute atomic E-state index is 0.621. The minimum atomic E-state index is -0.621. The van der Waals surface area contributed by atoms with Crippen LogP contribution >= 0.6 is 0 Å². The number of hydrogen-bond donors (Lipinski definition) is 2. The van der Waals surface area contributed by atoms with Crippen molar-refractivity contribution in [2.24, 2.45) is 0 Å². The molecule has 3 nitrogen and oxygen atoms in total. The summed E-state index contributed by atoms with van der Waals surface area (Å²) in [7, 11) is 0. The Balaban J connectivity index is 2.25. The van der Waals surface area contributed by atoms with Gasteiger partial charge in [0, 0.05) is 29.3 Å². The molecule has 1 aromatic carbocycles. The molecular weight excluding hydrogens is 200 g/mol. The van der Waals surface area contributed by atoms with Crippen LogP contribution in [-0.4, -0.2) is 15.3 Å². The molecule has 0 spiro atoms. The first-order valence-corrected chi connectivity index (χ1v) is 5.52. The van der Waals surface area contributed by atoms with Crippen LogP contribution in [0.25, 0.3) is 10.9 Å². The zero-order valence-electron chi connectivity index (χ0n) is 9.77. The van der Waals surface area contributed by atoms with E-state index in [2.05, 4.69) is 10.6 Å². The van der Waals surface area contributed by atoms with Gasteiger partial charge < -0.3 is 15.4 Å². The van der Waals surface area contributed by atoms with Gasteiger partial charge in [0.05, 0.1) is 5.60 Å². The fraction of sp³-hybridized carbons (Fsp3) is 0.385. The molecule has 16 heavy (non-hydrogen) atoms. The van der Waals surface area contributed by atoms with Gasteiger partial charge in [-0.1, -0.05) is 0 Å². The van der Waals surface area contributed by atoms with Crippen LogP contribution in [0.4, 0.5) is 5.69 Å². The number of nitrogens with zero attached hydrogens (tertiary/aromatic N) is 1. The van der Waals surface area contributed by atoms with Gasteiger partial charge in [-0.3, -0.25) is 0 Å². The molecule has 0 amide bonds. The zero-order valence-corrected chi connectivity index (χ0v) is 9.77. The van der Waals surface area contributed by atoms with Gasteiger partial charge in [0.2, 0.25) is 0 Å². The van der Waals surface area contributed by atoms with Crippen molar-refractivity contribution >= 4 is 16.6 Å². The van der Waals surface area contributed by atoms with Crippen molar-refractivity contribution in [1.29, 1.82) is 0 Å². The van der Waals surface area contributed by atoms with Gasteiger partial charge in [-0.25, -0.2) is 0 Å². The van der Waals surface area contributed by atoms with E-state index in [9.17, 15) is 5.11 Å². The van der Waals surface area contributed by atoms with E-state index in [-0.39, 0.29) is 0 Å². The van der Waals surface area contributed by atoms with Crippen molar-refractivity contribution in [3.05, 3.63) is 30.5 Å². The van der Waals surface area contributed by atoms with Crippen LogP contribution in [-0.2, 0) is 6.54 Å². The quantitative estimate of drug-likeness (QED) is 0.777. The van der Waals surface area contributed by atoms with Crippen molar-refractivity contribution in [2.75, 3.05) is 5.73 Å². The molecule has 0 aliphatic rings. The normalized spacial score (nSPS) is 12.2. The van der Waals surface area contributed by atoms with E-state index in [1.54, 1.807) is 0 Å². The molecule has 0 saturated carbocycles. The maximum absolute atomic E-state index is 9.70. The lowest BCUT2D eigenvalue weighted by Crippen LogP contribution is -2.20. The van der Waals surface area contributed by atoms with Crippen LogP contribution < -0.4 is 5.73 Å². The molecule has 1 aromatic heterocycles. The highest BCUT2D eigenvalue weighted by atomic mass is 16.3. The van der Waals surface area contributed by atoms with Gasteiger partial charge in [-0.2, -0.15) is 0 Å². The lowest BCUT2D eigenvalue weighted by atomic mass is 10.1. The number of nitrogen functional groups attached to an aromatic ring is 1. The number of aliphatic hydroxyl groups is 1. The van der Waals surface area contributed by atoms with Gasteiger partial charge in [0.1, 0.15) is 0 Å². The molecule has 0 atom stereocenters. The molecule has 0 radical (unpaired) electrons. The van der Waals surface area contributed by atoms with Crippen molar-refractivity contribution in [3.63, 3.8) is 0 Å². The summed E-state index contributed by atoms with van der Waals surface area (Å²) in [6, 6.07) is 7.95. The second-order valence-corrected chi connectivity index (χ2v) is 4.89. The maximum Gasteiger partial charge on any atom is 0.0608 e. The van der Waals surface area contributed by atoms with E-state index in [1.807, 2.05) is 38.2 Å². The summed E-state index contributed by atoms with van der Waals surface area (Å²) in [4.78, 5) is 0. The number of fused-ring (bicyclic) bond motifs is 1. The zero-order chi connectivity index (χ0) is 11.8. The number of nitrogens with two attached hydrogens (primary N) is 1.